The molecule has 0 aromatic heterocycles. The molecule has 1 amide bonds. The highest BCUT2D eigenvalue weighted by atomic mass is 19.4. The van der Waals surface area contributed by atoms with Crippen LogP contribution in [0.4, 0.5) is 13.2 Å². The van der Waals surface area contributed by atoms with Gasteiger partial charge >= 0.3 is 18.1 Å². The Morgan fingerprint density at radius 2 is 1.85 bits per heavy atom. The summed E-state index contributed by atoms with van der Waals surface area (Å²) in [4.78, 5) is 22.2. The second-order valence-corrected chi connectivity index (χ2v) is 3.92. The third-order valence-corrected chi connectivity index (χ3v) is 2.42. The number of phenolic OH excluding ortho intramolecular Hbond substituents is 1. The quantitative estimate of drug-likeness (QED) is 0.816. The highest BCUT2D eigenvalue weighted by Crippen LogP contribution is 2.16. The molecule has 110 valence electrons. The summed E-state index contributed by atoms with van der Waals surface area (Å²) in [6.07, 6.45) is -5.27. The van der Waals surface area contributed by atoms with E-state index in [2.05, 4.69) is 4.74 Å². The number of carbonyl (C=O) groups is 2. The van der Waals surface area contributed by atoms with Gasteiger partial charge in [0, 0.05) is 6.42 Å². The van der Waals surface area contributed by atoms with Crippen molar-refractivity contribution >= 4 is 11.9 Å². The summed E-state index contributed by atoms with van der Waals surface area (Å²) in [7, 11) is 1.01. The first-order valence-corrected chi connectivity index (χ1v) is 5.47. The molecule has 0 heterocycles. The number of amides is 1. The second kappa shape index (κ2) is 6.27. The van der Waals surface area contributed by atoms with Gasteiger partial charge in [0.2, 0.25) is 0 Å². The maximum Gasteiger partial charge on any atom is 0.471 e. The van der Waals surface area contributed by atoms with Gasteiger partial charge in [-0.15, -0.1) is 0 Å². The molecule has 0 aliphatic rings. The van der Waals surface area contributed by atoms with Crippen LogP contribution in [0.25, 0.3) is 0 Å². The molecule has 5 nitrogen and oxygen atoms in total. The lowest BCUT2D eigenvalue weighted by Crippen LogP contribution is -2.48. The Morgan fingerprint density at radius 1 is 1.30 bits per heavy atom. The van der Waals surface area contributed by atoms with E-state index in [1.54, 1.807) is 5.32 Å². The first-order chi connectivity index (χ1) is 9.24. The van der Waals surface area contributed by atoms with Crippen LogP contribution in [0, 0.1) is 0 Å². The van der Waals surface area contributed by atoms with Gasteiger partial charge in [0.25, 0.3) is 0 Å². The van der Waals surface area contributed by atoms with Crippen molar-refractivity contribution in [3.63, 3.8) is 0 Å². The number of hydrogen-bond acceptors (Lipinski definition) is 4. The number of hydrogen-bond donors (Lipinski definition) is 2. The van der Waals surface area contributed by atoms with E-state index in [1.165, 1.54) is 24.3 Å². The second-order valence-electron chi connectivity index (χ2n) is 3.92. The van der Waals surface area contributed by atoms with Crippen LogP contribution in [0.2, 0.25) is 0 Å². The van der Waals surface area contributed by atoms with E-state index in [4.69, 9.17) is 5.11 Å². The maximum absolute atomic E-state index is 12.2. The molecule has 0 bridgehead atoms. The standard InChI is InChI=1S/C12H12F3NO4/c1-20-10(18)9(16-11(19)12(13,14)15)6-7-2-4-8(17)5-3-7/h2-5,9,17H,6H2,1H3,(H,16,19)/t9-/m0/s1. The SMILES string of the molecule is COC(=O)[C@H](Cc1ccc(O)cc1)NC(=O)C(F)(F)F. The van der Waals surface area contributed by atoms with E-state index in [0.29, 0.717) is 5.56 Å². The van der Waals surface area contributed by atoms with E-state index in [9.17, 15) is 22.8 Å². The summed E-state index contributed by atoms with van der Waals surface area (Å²) >= 11 is 0. The lowest BCUT2D eigenvalue weighted by atomic mass is 10.1. The number of alkyl halides is 3. The van der Waals surface area contributed by atoms with Crippen LogP contribution in [0.3, 0.4) is 0 Å². The molecule has 0 aliphatic carbocycles. The Bertz CT molecular complexity index is 484. The number of nitrogens with one attached hydrogen (secondary N) is 1. The zero-order valence-corrected chi connectivity index (χ0v) is 10.4. The van der Waals surface area contributed by atoms with Crippen molar-refractivity contribution in [3.8, 4) is 5.75 Å². The number of benzene rings is 1. The fourth-order valence-corrected chi connectivity index (χ4v) is 1.44. The Hall–Kier alpha value is -2.25. The van der Waals surface area contributed by atoms with Crippen LogP contribution in [-0.2, 0) is 20.7 Å². The minimum atomic E-state index is -5.08. The summed E-state index contributed by atoms with van der Waals surface area (Å²) in [5.41, 5.74) is 0.459. The van der Waals surface area contributed by atoms with Crippen LogP contribution in [-0.4, -0.2) is 36.3 Å². The van der Waals surface area contributed by atoms with Crippen molar-refractivity contribution in [1.82, 2.24) is 5.32 Å². The summed E-state index contributed by atoms with van der Waals surface area (Å²) < 4.78 is 40.9. The van der Waals surface area contributed by atoms with Gasteiger partial charge in [-0.05, 0) is 17.7 Å². The number of ether oxygens (including phenoxy) is 1. The Labute approximate surface area is 112 Å². The fraction of sp³-hybridized carbons (Fsp3) is 0.333. The van der Waals surface area contributed by atoms with Crippen molar-refractivity contribution < 1.29 is 32.6 Å². The molecule has 0 saturated heterocycles. The molecule has 0 aliphatic heterocycles. The van der Waals surface area contributed by atoms with Crippen molar-refractivity contribution in [2.75, 3.05) is 7.11 Å². The van der Waals surface area contributed by atoms with Gasteiger partial charge in [-0.1, -0.05) is 12.1 Å². The first-order valence-electron chi connectivity index (χ1n) is 5.47. The van der Waals surface area contributed by atoms with Gasteiger partial charge in [-0.3, -0.25) is 4.79 Å². The highest BCUT2D eigenvalue weighted by Gasteiger charge is 2.41. The molecule has 2 N–H and O–H groups in total. The zero-order valence-electron chi connectivity index (χ0n) is 10.4. The van der Waals surface area contributed by atoms with Crippen LogP contribution >= 0.6 is 0 Å². The van der Waals surface area contributed by atoms with Gasteiger partial charge in [0.1, 0.15) is 11.8 Å². The minimum absolute atomic E-state index is 0.0253. The number of rotatable bonds is 4. The molecule has 0 unspecified atom stereocenters. The van der Waals surface area contributed by atoms with Gasteiger partial charge in [0.15, 0.2) is 0 Å². The fourth-order valence-electron chi connectivity index (χ4n) is 1.44. The molecule has 1 rings (SSSR count). The molecular weight excluding hydrogens is 279 g/mol. The number of methoxy groups -OCH3 is 1. The number of halogens is 3. The normalized spacial score (nSPS) is 12.6. The monoisotopic (exact) mass is 291 g/mol. The average molecular weight is 291 g/mol. The minimum Gasteiger partial charge on any atom is -0.508 e. The van der Waals surface area contributed by atoms with Gasteiger partial charge in [-0.25, -0.2) is 4.79 Å². The summed E-state index contributed by atoms with van der Waals surface area (Å²) in [6, 6.07) is 4.01. The topological polar surface area (TPSA) is 75.6 Å². The Morgan fingerprint density at radius 3 is 2.30 bits per heavy atom. The van der Waals surface area contributed by atoms with Crippen LogP contribution in [0.1, 0.15) is 5.56 Å². The Balaban J connectivity index is 2.82. The lowest BCUT2D eigenvalue weighted by molar-refractivity contribution is -0.175. The average Bonchev–Trinajstić information content (AvgIpc) is 2.38. The van der Waals surface area contributed by atoms with Crippen molar-refractivity contribution in [2.45, 2.75) is 18.6 Å². The molecule has 20 heavy (non-hydrogen) atoms. The van der Waals surface area contributed by atoms with Crippen molar-refractivity contribution in [3.05, 3.63) is 29.8 Å². The highest BCUT2D eigenvalue weighted by molar-refractivity contribution is 5.87. The van der Waals surface area contributed by atoms with E-state index >= 15 is 0 Å². The van der Waals surface area contributed by atoms with Crippen molar-refractivity contribution in [2.24, 2.45) is 0 Å². The Kier molecular flexibility index (Phi) is 4.95. The number of aromatic hydroxyl groups is 1. The lowest BCUT2D eigenvalue weighted by Gasteiger charge is -2.17. The number of phenols is 1. The smallest absolute Gasteiger partial charge is 0.471 e. The predicted octanol–water partition coefficient (Wildman–Crippen LogP) is 1.15. The molecular formula is C12H12F3NO4. The van der Waals surface area contributed by atoms with E-state index in [-0.39, 0.29) is 12.2 Å². The van der Waals surface area contributed by atoms with Gasteiger partial charge < -0.3 is 15.2 Å². The molecule has 0 radical (unpaired) electrons. The zero-order chi connectivity index (χ0) is 15.3. The third-order valence-electron chi connectivity index (χ3n) is 2.42. The van der Waals surface area contributed by atoms with E-state index < -0.39 is 24.1 Å². The predicted molar refractivity (Wildman–Crippen MR) is 61.8 cm³/mol. The molecule has 1 atom stereocenters. The molecule has 8 heteroatoms. The third kappa shape index (κ3) is 4.45. The number of esters is 1. The van der Waals surface area contributed by atoms with E-state index in [0.717, 1.165) is 7.11 Å². The molecule has 1 aromatic carbocycles. The summed E-state index contributed by atoms with van der Waals surface area (Å²) in [6.45, 7) is 0. The van der Waals surface area contributed by atoms with Crippen LogP contribution in [0.15, 0.2) is 24.3 Å². The molecule has 0 saturated carbocycles. The van der Waals surface area contributed by atoms with Gasteiger partial charge in [-0.2, -0.15) is 13.2 Å². The van der Waals surface area contributed by atoms with Crippen molar-refractivity contribution in [1.29, 1.82) is 0 Å². The van der Waals surface area contributed by atoms with Gasteiger partial charge in [0.05, 0.1) is 7.11 Å². The summed E-state index contributed by atoms with van der Waals surface area (Å²) in [5.74, 6) is -3.23. The molecule has 0 fully saturated rings. The molecule has 0 spiro atoms. The maximum atomic E-state index is 12.2. The van der Waals surface area contributed by atoms with E-state index in [1.807, 2.05) is 0 Å². The van der Waals surface area contributed by atoms with Crippen LogP contribution in [0.5, 0.6) is 5.75 Å². The van der Waals surface area contributed by atoms with Crippen LogP contribution < -0.4 is 5.32 Å². The largest absolute Gasteiger partial charge is 0.508 e. The molecule has 1 aromatic rings. The number of carbonyl (C=O) groups excluding carboxylic acids is 2. The summed E-state index contributed by atoms with van der Waals surface area (Å²) in [5, 5.41) is 10.7. The first kappa shape index (κ1) is 15.8.